The molecular formula is C21H23NO4. The van der Waals surface area contributed by atoms with E-state index in [0.29, 0.717) is 29.5 Å². The van der Waals surface area contributed by atoms with Gasteiger partial charge in [-0.05, 0) is 49.2 Å². The van der Waals surface area contributed by atoms with Crippen LogP contribution in [0.5, 0.6) is 17.2 Å². The fraction of sp³-hybridized carbons (Fsp3) is 0.286. The van der Waals surface area contributed by atoms with E-state index in [2.05, 4.69) is 11.9 Å². The molecule has 0 saturated heterocycles. The van der Waals surface area contributed by atoms with Crippen LogP contribution in [0.4, 0.5) is 0 Å². The molecule has 5 heteroatoms. The van der Waals surface area contributed by atoms with Crippen LogP contribution in [0.15, 0.2) is 42.5 Å². The molecule has 3 aromatic rings. The van der Waals surface area contributed by atoms with Crippen LogP contribution >= 0.6 is 0 Å². The minimum absolute atomic E-state index is 0.394. The van der Waals surface area contributed by atoms with Gasteiger partial charge in [-0.1, -0.05) is 25.5 Å². The van der Waals surface area contributed by atoms with Crippen LogP contribution in [-0.2, 0) is 4.74 Å². The summed E-state index contributed by atoms with van der Waals surface area (Å²) in [4.78, 5) is 14.9. The number of esters is 1. The first-order chi connectivity index (χ1) is 12.6. The fourth-order valence-corrected chi connectivity index (χ4v) is 2.75. The van der Waals surface area contributed by atoms with Gasteiger partial charge in [0, 0.05) is 5.39 Å². The molecule has 3 rings (SSSR count). The van der Waals surface area contributed by atoms with Crippen molar-refractivity contribution in [2.24, 2.45) is 0 Å². The average Bonchev–Trinajstić information content (AvgIpc) is 3.06. The van der Waals surface area contributed by atoms with Crippen molar-refractivity contribution in [3.8, 4) is 17.2 Å². The molecule has 0 atom stereocenters. The van der Waals surface area contributed by atoms with Gasteiger partial charge in [0.25, 0.3) is 0 Å². The van der Waals surface area contributed by atoms with Gasteiger partial charge < -0.3 is 19.2 Å². The SMILES string of the molecule is CCCCOc1ccccc1Oc1cc(C)cc2[nH]c(C(=O)OC)cc12. The van der Waals surface area contributed by atoms with Crippen molar-refractivity contribution in [3.63, 3.8) is 0 Å². The Bertz CT molecular complexity index is 914. The number of ether oxygens (including phenoxy) is 3. The molecule has 2 aromatic carbocycles. The Morgan fingerprint density at radius 2 is 1.85 bits per heavy atom. The van der Waals surface area contributed by atoms with Crippen LogP contribution in [0.1, 0.15) is 35.8 Å². The number of unbranched alkanes of at least 4 members (excludes halogenated alkanes) is 1. The molecule has 1 aromatic heterocycles. The van der Waals surface area contributed by atoms with Crippen LogP contribution in [0, 0.1) is 6.92 Å². The predicted octanol–water partition coefficient (Wildman–Crippen LogP) is 5.23. The van der Waals surface area contributed by atoms with Crippen molar-refractivity contribution < 1.29 is 19.0 Å². The molecule has 0 aliphatic heterocycles. The van der Waals surface area contributed by atoms with Gasteiger partial charge in [-0.3, -0.25) is 0 Å². The van der Waals surface area contributed by atoms with E-state index >= 15 is 0 Å². The number of aromatic amines is 1. The van der Waals surface area contributed by atoms with Crippen LogP contribution in [-0.4, -0.2) is 24.7 Å². The van der Waals surface area contributed by atoms with Crippen molar-refractivity contribution in [1.82, 2.24) is 4.98 Å². The summed E-state index contributed by atoms with van der Waals surface area (Å²) in [5, 5.41) is 0.819. The van der Waals surface area contributed by atoms with E-state index in [9.17, 15) is 4.79 Å². The fourth-order valence-electron chi connectivity index (χ4n) is 2.75. The molecule has 0 saturated carbocycles. The summed E-state index contributed by atoms with van der Waals surface area (Å²) in [5.74, 6) is 1.61. The van der Waals surface area contributed by atoms with Crippen molar-refractivity contribution in [2.45, 2.75) is 26.7 Å². The van der Waals surface area contributed by atoms with Gasteiger partial charge in [0.15, 0.2) is 11.5 Å². The Hall–Kier alpha value is -2.95. The Balaban J connectivity index is 1.96. The summed E-state index contributed by atoms with van der Waals surface area (Å²) in [5.41, 5.74) is 2.24. The summed E-state index contributed by atoms with van der Waals surface area (Å²) >= 11 is 0. The number of rotatable bonds is 7. The maximum absolute atomic E-state index is 11.8. The van der Waals surface area contributed by atoms with Crippen LogP contribution in [0.25, 0.3) is 10.9 Å². The first-order valence-electron chi connectivity index (χ1n) is 8.73. The van der Waals surface area contributed by atoms with Gasteiger partial charge in [-0.2, -0.15) is 0 Å². The van der Waals surface area contributed by atoms with Crippen molar-refractivity contribution in [2.75, 3.05) is 13.7 Å². The van der Waals surface area contributed by atoms with E-state index in [1.807, 2.05) is 43.3 Å². The maximum Gasteiger partial charge on any atom is 0.354 e. The summed E-state index contributed by atoms with van der Waals surface area (Å²) < 4.78 is 16.8. The normalized spacial score (nSPS) is 10.7. The number of nitrogens with one attached hydrogen (secondary N) is 1. The van der Waals surface area contributed by atoms with E-state index in [4.69, 9.17) is 14.2 Å². The highest BCUT2D eigenvalue weighted by atomic mass is 16.5. The summed E-state index contributed by atoms with van der Waals surface area (Å²) in [6.07, 6.45) is 2.06. The van der Waals surface area contributed by atoms with E-state index in [1.54, 1.807) is 6.07 Å². The molecular weight excluding hydrogens is 330 g/mol. The number of aromatic nitrogens is 1. The Labute approximate surface area is 152 Å². The minimum atomic E-state index is -0.409. The molecule has 0 aliphatic rings. The van der Waals surface area contributed by atoms with Gasteiger partial charge in [0.1, 0.15) is 11.4 Å². The number of hydrogen-bond donors (Lipinski definition) is 1. The number of H-pyrrole nitrogens is 1. The molecule has 0 aliphatic carbocycles. The molecule has 0 radical (unpaired) electrons. The third-order valence-corrected chi connectivity index (χ3v) is 4.07. The summed E-state index contributed by atoms with van der Waals surface area (Å²) in [7, 11) is 1.36. The van der Waals surface area contributed by atoms with Crippen LogP contribution in [0.2, 0.25) is 0 Å². The number of para-hydroxylation sites is 2. The number of carbonyl (C=O) groups is 1. The molecule has 0 unspecified atom stereocenters. The molecule has 5 nitrogen and oxygen atoms in total. The van der Waals surface area contributed by atoms with E-state index < -0.39 is 5.97 Å². The number of methoxy groups -OCH3 is 1. The number of aryl methyl sites for hydroxylation is 1. The predicted molar refractivity (Wildman–Crippen MR) is 101 cm³/mol. The second kappa shape index (κ2) is 7.95. The lowest BCUT2D eigenvalue weighted by atomic mass is 10.1. The van der Waals surface area contributed by atoms with Gasteiger partial charge >= 0.3 is 5.97 Å². The average molecular weight is 353 g/mol. The molecule has 0 fully saturated rings. The molecule has 0 spiro atoms. The lowest BCUT2D eigenvalue weighted by Gasteiger charge is -2.13. The zero-order valence-corrected chi connectivity index (χ0v) is 15.3. The summed E-state index contributed by atoms with van der Waals surface area (Å²) in [6, 6.07) is 13.3. The molecule has 0 bridgehead atoms. The third kappa shape index (κ3) is 3.82. The van der Waals surface area contributed by atoms with Crippen LogP contribution in [0.3, 0.4) is 0 Å². The molecule has 136 valence electrons. The quantitative estimate of drug-likeness (QED) is 0.466. The Morgan fingerprint density at radius 1 is 1.08 bits per heavy atom. The number of benzene rings is 2. The Kier molecular flexibility index (Phi) is 5.46. The molecule has 26 heavy (non-hydrogen) atoms. The molecule has 1 N–H and O–H groups in total. The largest absolute Gasteiger partial charge is 0.490 e. The van der Waals surface area contributed by atoms with Gasteiger partial charge in [0.2, 0.25) is 0 Å². The second-order valence-corrected chi connectivity index (χ2v) is 6.15. The standard InChI is InChI=1S/C21H23NO4/c1-4-5-10-25-18-8-6-7-9-19(18)26-20-12-14(2)11-16-15(20)13-17(22-16)21(23)24-3/h6-9,11-13,22H,4-5,10H2,1-3H3. The van der Waals surface area contributed by atoms with Gasteiger partial charge in [-0.15, -0.1) is 0 Å². The third-order valence-electron chi connectivity index (χ3n) is 4.07. The highest BCUT2D eigenvalue weighted by molar-refractivity contribution is 5.97. The van der Waals surface area contributed by atoms with Crippen molar-refractivity contribution in [1.29, 1.82) is 0 Å². The number of carbonyl (C=O) groups excluding carboxylic acids is 1. The Morgan fingerprint density at radius 3 is 2.58 bits per heavy atom. The van der Waals surface area contributed by atoms with Crippen molar-refractivity contribution in [3.05, 3.63) is 53.7 Å². The first kappa shape index (κ1) is 17.9. The smallest absolute Gasteiger partial charge is 0.354 e. The lowest BCUT2D eigenvalue weighted by molar-refractivity contribution is 0.0595. The van der Waals surface area contributed by atoms with Gasteiger partial charge in [-0.25, -0.2) is 4.79 Å². The number of hydrogen-bond acceptors (Lipinski definition) is 4. The summed E-state index contributed by atoms with van der Waals surface area (Å²) in [6.45, 7) is 4.76. The maximum atomic E-state index is 11.8. The van der Waals surface area contributed by atoms with E-state index in [-0.39, 0.29) is 0 Å². The topological polar surface area (TPSA) is 60.5 Å². The first-order valence-corrected chi connectivity index (χ1v) is 8.73. The van der Waals surface area contributed by atoms with Gasteiger partial charge in [0.05, 0.1) is 19.2 Å². The highest BCUT2D eigenvalue weighted by Crippen LogP contribution is 2.36. The molecule has 1 heterocycles. The lowest BCUT2D eigenvalue weighted by Crippen LogP contribution is -2.00. The minimum Gasteiger partial charge on any atom is -0.490 e. The highest BCUT2D eigenvalue weighted by Gasteiger charge is 2.15. The number of fused-ring (bicyclic) bond motifs is 1. The zero-order chi connectivity index (χ0) is 18.5. The van der Waals surface area contributed by atoms with Crippen LogP contribution < -0.4 is 9.47 Å². The van der Waals surface area contributed by atoms with E-state index in [0.717, 1.165) is 29.3 Å². The second-order valence-electron chi connectivity index (χ2n) is 6.15. The van der Waals surface area contributed by atoms with Crippen molar-refractivity contribution >= 4 is 16.9 Å². The van der Waals surface area contributed by atoms with E-state index in [1.165, 1.54) is 7.11 Å². The molecule has 0 amide bonds. The zero-order valence-electron chi connectivity index (χ0n) is 15.3. The monoisotopic (exact) mass is 353 g/mol.